The number of rotatable bonds is 32. The molecule has 384 valence electrons. The first kappa shape index (κ1) is 59.6. The summed E-state index contributed by atoms with van der Waals surface area (Å²) in [4.78, 5) is 153. The first-order valence-corrected chi connectivity index (χ1v) is 22.0. The van der Waals surface area contributed by atoms with Crippen LogP contribution >= 0.6 is 0 Å². The van der Waals surface area contributed by atoms with E-state index in [9.17, 15) is 78.0 Å². The van der Waals surface area contributed by atoms with Crippen molar-refractivity contribution in [2.75, 3.05) is 13.1 Å². The number of nitrogens with one attached hydrogen (secondary N) is 8. The Morgan fingerprint density at radius 3 is 1.39 bits per heavy atom. The SMILES string of the molecule is CC(=O)N[C@@H](CC(=O)O)C(=O)N[C@@H](Cc1ccc(O)cc1)C(=O)N[C@@H](CCCCN)C(=O)N[C@@H](CC(C)C)C(=O)NCC(=O)N[C@@H](CC(=O)O)C(=O)N[C@@H](CC(=O)O)C(=O)N[C@@H](CC(C)C)C(N)=O. The van der Waals surface area contributed by atoms with E-state index in [1.807, 2.05) is 0 Å². The highest BCUT2D eigenvalue weighted by atomic mass is 16.4. The number of amides is 9. The fourth-order valence-corrected chi connectivity index (χ4v) is 6.55. The molecule has 0 fully saturated rings. The number of carboxylic acids is 3. The predicted molar refractivity (Wildman–Crippen MR) is 242 cm³/mol. The molecule has 0 aliphatic rings. The summed E-state index contributed by atoms with van der Waals surface area (Å²) >= 11 is 0. The monoisotopic (exact) mass is 978 g/mol. The number of nitrogens with two attached hydrogens (primary N) is 2. The Kier molecular flexibility index (Phi) is 26.0. The number of benzene rings is 1. The van der Waals surface area contributed by atoms with E-state index in [-0.39, 0.29) is 56.2 Å². The number of carbonyl (C=O) groups excluding carboxylic acids is 9. The van der Waals surface area contributed by atoms with E-state index in [2.05, 4.69) is 42.5 Å². The van der Waals surface area contributed by atoms with Crippen LogP contribution in [0.4, 0.5) is 0 Å². The number of hydrogen-bond acceptors (Lipinski definition) is 14. The molecule has 0 aromatic heterocycles. The summed E-state index contributed by atoms with van der Waals surface area (Å²) in [7, 11) is 0. The number of phenolic OH excluding ortho intramolecular Hbond substituents is 1. The minimum Gasteiger partial charge on any atom is -0.508 e. The number of carboxylic acid groups (broad SMARTS) is 3. The maximum Gasteiger partial charge on any atom is 0.305 e. The lowest BCUT2D eigenvalue weighted by atomic mass is 10.0. The maximum atomic E-state index is 13.9. The highest BCUT2D eigenvalue weighted by Gasteiger charge is 2.34. The Morgan fingerprint density at radius 1 is 0.522 bits per heavy atom. The van der Waals surface area contributed by atoms with Crippen molar-refractivity contribution in [3.05, 3.63) is 29.8 Å². The number of aromatic hydroxyl groups is 1. The number of primary amides is 1. The number of hydrogen-bond donors (Lipinski definition) is 14. The van der Waals surface area contributed by atoms with Crippen LogP contribution in [0.25, 0.3) is 0 Å². The van der Waals surface area contributed by atoms with Crippen molar-refractivity contribution in [3.63, 3.8) is 0 Å². The lowest BCUT2D eigenvalue weighted by molar-refractivity contribution is -0.143. The number of carbonyl (C=O) groups is 12. The first-order chi connectivity index (χ1) is 32.2. The van der Waals surface area contributed by atoms with Gasteiger partial charge in [-0.25, -0.2) is 0 Å². The standard InChI is InChI=1S/C43H66N10O16/c1-21(2)14-27(37(45)63)50-43(69)32(19-36(61)62)53-42(68)31(18-35(59)60)48-33(56)20-46-38(64)28(15-22(3)4)51-39(65)26(8-6-7-13-44)49-40(66)29(16-24-9-11-25(55)12-10-24)52-41(67)30(17-34(57)58)47-23(5)54/h9-12,21-22,26-32,55H,6-8,13-20,44H2,1-5H3,(H2,45,63)(H,46,64)(H,47,54)(H,48,56)(H,49,66)(H,50,69)(H,51,65)(H,52,67)(H,53,68)(H,57,58)(H,59,60)(H,61,62)/t26-,27-,28-,29-,30-,31-,32-/m0/s1. The molecule has 0 radical (unpaired) electrons. The number of unbranched alkanes of at least 4 members (excludes halogenated alkanes) is 1. The Balaban J connectivity index is 3.33. The molecule has 0 heterocycles. The van der Waals surface area contributed by atoms with Crippen molar-refractivity contribution in [1.29, 1.82) is 0 Å². The van der Waals surface area contributed by atoms with Gasteiger partial charge >= 0.3 is 17.9 Å². The Bertz CT molecular complexity index is 1980. The van der Waals surface area contributed by atoms with Crippen LogP contribution in [-0.4, -0.2) is 147 Å². The van der Waals surface area contributed by atoms with Crippen LogP contribution in [0, 0.1) is 11.8 Å². The van der Waals surface area contributed by atoms with Crippen molar-refractivity contribution < 1.29 is 78.0 Å². The molecule has 0 saturated heterocycles. The molecule has 26 nitrogen and oxygen atoms in total. The van der Waals surface area contributed by atoms with Gasteiger partial charge in [0.2, 0.25) is 53.2 Å². The molecule has 16 N–H and O–H groups in total. The molecule has 0 aliphatic carbocycles. The van der Waals surface area contributed by atoms with Gasteiger partial charge in [0.25, 0.3) is 0 Å². The normalized spacial score (nSPS) is 14.0. The molecule has 26 heteroatoms. The summed E-state index contributed by atoms with van der Waals surface area (Å²) in [6.45, 7) is 7.23. The van der Waals surface area contributed by atoms with E-state index < -0.39 is 139 Å². The molecule has 0 bridgehead atoms. The molecule has 1 aromatic carbocycles. The van der Waals surface area contributed by atoms with Gasteiger partial charge in [-0.1, -0.05) is 39.8 Å². The van der Waals surface area contributed by atoms with E-state index in [1.165, 1.54) is 24.3 Å². The fraction of sp³-hybridized carbons (Fsp3) is 0.581. The molecule has 69 heavy (non-hydrogen) atoms. The molecule has 1 rings (SSSR count). The van der Waals surface area contributed by atoms with Crippen LogP contribution in [0.5, 0.6) is 5.75 Å². The van der Waals surface area contributed by atoms with Crippen molar-refractivity contribution >= 4 is 71.1 Å². The van der Waals surface area contributed by atoms with Crippen LogP contribution < -0.4 is 54.0 Å². The third-order valence-electron chi connectivity index (χ3n) is 9.83. The second-order valence-electron chi connectivity index (χ2n) is 17.0. The second-order valence-corrected chi connectivity index (χ2v) is 17.0. The Morgan fingerprint density at radius 2 is 0.928 bits per heavy atom. The quantitative estimate of drug-likeness (QED) is 0.0313. The summed E-state index contributed by atoms with van der Waals surface area (Å²) in [6.07, 6.45) is -2.46. The molecule has 0 spiro atoms. The first-order valence-electron chi connectivity index (χ1n) is 22.0. The van der Waals surface area contributed by atoms with Crippen molar-refractivity contribution in [3.8, 4) is 5.75 Å². The van der Waals surface area contributed by atoms with Crippen LogP contribution in [0.15, 0.2) is 24.3 Å². The molecule has 0 aliphatic heterocycles. The maximum absolute atomic E-state index is 13.9. The number of phenols is 1. The van der Waals surface area contributed by atoms with Crippen LogP contribution in [0.3, 0.4) is 0 Å². The largest absolute Gasteiger partial charge is 0.508 e. The topological polar surface area (TPSA) is 434 Å². The van der Waals surface area contributed by atoms with E-state index in [1.54, 1.807) is 27.7 Å². The molecule has 7 atom stereocenters. The van der Waals surface area contributed by atoms with E-state index >= 15 is 0 Å². The van der Waals surface area contributed by atoms with E-state index in [0.717, 1.165) is 6.92 Å². The van der Waals surface area contributed by atoms with E-state index in [4.69, 9.17) is 11.5 Å². The number of aliphatic carboxylic acids is 3. The zero-order valence-corrected chi connectivity index (χ0v) is 39.1. The summed E-state index contributed by atoms with van der Waals surface area (Å²) in [5.41, 5.74) is 11.4. The highest BCUT2D eigenvalue weighted by molar-refractivity contribution is 5.99. The smallest absolute Gasteiger partial charge is 0.305 e. The average Bonchev–Trinajstić information content (AvgIpc) is 3.23. The van der Waals surface area contributed by atoms with Gasteiger partial charge in [-0.15, -0.1) is 0 Å². The minimum absolute atomic E-state index is 0.0266. The van der Waals surface area contributed by atoms with Gasteiger partial charge in [0.15, 0.2) is 0 Å². The lowest BCUT2D eigenvalue weighted by Crippen LogP contribution is -2.59. The Labute approximate surface area is 397 Å². The molecule has 0 unspecified atom stereocenters. The summed E-state index contributed by atoms with van der Waals surface area (Å²) in [6, 6.07) is -5.31. The van der Waals surface area contributed by atoms with Gasteiger partial charge in [-0.2, -0.15) is 0 Å². The highest BCUT2D eigenvalue weighted by Crippen LogP contribution is 2.14. The van der Waals surface area contributed by atoms with Gasteiger partial charge in [-0.3, -0.25) is 57.5 Å². The molecule has 0 saturated carbocycles. The molecular formula is C43H66N10O16. The zero-order chi connectivity index (χ0) is 52.5. The zero-order valence-electron chi connectivity index (χ0n) is 39.1. The van der Waals surface area contributed by atoms with Gasteiger partial charge in [0.05, 0.1) is 25.8 Å². The average molecular weight is 979 g/mol. The third kappa shape index (κ3) is 24.3. The predicted octanol–water partition coefficient (Wildman–Crippen LogP) is -3.41. The summed E-state index contributed by atoms with van der Waals surface area (Å²) in [5.74, 6) is -14.1. The van der Waals surface area contributed by atoms with Crippen molar-refractivity contribution in [2.24, 2.45) is 23.3 Å². The lowest BCUT2D eigenvalue weighted by Gasteiger charge is -2.27. The van der Waals surface area contributed by atoms with Crippen molar-refractivity contribution in [1.82, 2.24) is 42.5 Å². The Hall–Kier alpha value is -7.38. The van der Waals surface area contributed by atoms with E-state index in [0.29, 0.717) is 12.0 Å². The summed E-state index contributed by atoms with van der Waals surface area (Å²) in [5, 5.41) is 56.5. The van der Waals surface area contributed by atoms with Crippen LogP contribution in [-0.2, 0) is 64.0 Å². The van der Waals surface area contributed by atoms with Gasteiger partial charge in [-0.05, 0) is 68.2 Å². The van der Waals surface area contributed by atoms with Gasteiger partial charge < -0.3 is 74.4 Å². The molecule has 9 amide bonds. The molecular weight excluding hydrogens is 913 g/mol. The van der Waals surface area contributed by atoms with Gasteiger partial charge in [0.1, 0.15) is 48.0 Å². The summed E-state index contributed by atoms with van der Waals surface area (Å²) < 4.78 is 0. The van der Waals surface area contributed by atoms with Crippen molar-refractivity contribution in [2.45, 2.75) is 135 Å². The molecule has 1 aromatic rings. The minimum atomic E-state index is -1.92. The fourth-order valence-electron chi connectivity index (χ4n) is 6.55. The third-order valence-corrected chi connectivity index (χ3v) is 9.83. The second kappa shape index (κ2) is 30.1. The van der Waals surface area contributed by atoms with Gasteiger partial charge in [0, 0.05) is 13.3 Å². The van der Waals surface area contributed by atoms with Crippen LogP contribution in [0.2, 0.25) is 0 Å². The van der Waals surface area contributed by atoms with Crippen LogP contribution in [0.1, 0.15) is 91.5 Å².